The Balaban J connectivity index is 1.90. The number of nitrogens with zero attached hydrogens (tertiary/aromatic N) is 1. The Bertz CT molecular complexity index is 547. The molecule has 7 heteroatoms. The van der Waals surface area contributed by atoms with Gasteiger partial charge in [-0.3, -0.25) is 4.79 Å². The van der Waals surface area contributed by atoms with Crippen LogP contribution in [0.2, 0.25) is 0 Å². The summed E-state index contributed by atoms with van der Waals surface area (Å²) in [7, 11) is 3.18. The normalized spacial score (nSPS) is 18.7. The lowest BCUT2D eigenvalue weighted by molar-refractivity contribution is -0.117. The van der Waals surface area contributed by atoms with Gasteiger partial charge in [-0.05, 0) is 31.2 Å². The number of nitrogens with one attached hydrogen (secondary N) is 2. The number of rotatable bonds is 6. The van der Waals surface area contributed by atoms with Gasteiger partial charge in [0, 0.05) is 25.8 Å². The van der Waals surface area contributed by atoms with Gasteiger partial charge in [-0.1, -0.05) is 0 Å². The summed E-state index contributed by atoms with van der Waals surface area (Å²) in [5.74, 6) is 0.729. The minimum absolute atomic E-state index is 0.00888. The van der Waals surface area contributed by atoms with Crippen molar-refractivity contribution in [3.8, 4) is 5.75 Å². The first-order chi connectivity index (χ1) is 11.0. The zero-order valence-corrected chi connectivity index (χ0v) is 13.7. The fourth-order valence-corrected chi connectivity index (χ4v) is 2.56. The minimum atomic E-state index is -0.288. The first-order valence-electron chi connectivity index (χ1n) is 7.54. The summed E-state index contributed by atoms with van der Waals surface area (Å²) >= 11 is 0. The quantitative estimate of drug-likeness (QED) is 0.823. The molecular weight excluding hydrogens is 298 g/mol. The monoisotopic (exact) mass is 321 g/mol. The number of hydrogen-bond donors (Lipinski definition) is 2. The SMILES string of the molecule is COC[C@@H](C)NC(=O)N[C@H]1CC(=O)N(c2ccc(OC)cc2)C1. The number of benzene rings is 1. The molecule has 0 saturated carbocycles. The second-order valence-electron chi connectivity index (χ2n) is 5.58. The van der Waals surface area contributed by atoms with E-state index in [9.17, 15) is 9.59 Å². The van der Waals surface area contributed by atoms with Gasteiger partial charge in [-0.15, -0.1) is 0 Å². The van der Waals surface area contributed by atoms with E-state index < -0.39 is 0 Å². The number of carbonyl (C=O) groups excluding carboxylic acids is 2. The summed E-state index contributed by atoms with van der Waals surface area (Å²) < 4.78 is 10.1. The molecule has 126 valence electrons. The molecule has 3 amide bonds. The Morgan fingerprint density at radius 1 is 1.35 bits per heavy atom. The van der Waals surface area contributed by atoms with Crippen molar-refractivity contribution in [2.75, 3.05) is 32.3 Å². The number of methoxy groups -OCH3 is 2. The molecule has 23 heavy (non-hydrogen) atoms. The van der Waals surface area contributed by atoms with Gasteiger partial charge < -0.3 is 25.0 Å². The maximum atomic E-state index is 12.1. The van der Waals surface area contributed by atoms with Crippen molar-refractivity contribution < 1.29 is 19.1 Å². The smallest absolute Gasteiger partial charge is 0.315 e. The van der Waals surface area contributed by atoms with E-state index >= 15 is 0 Å². The molecule has 0 radical (unpaired) electrons. The minimum Gasteiger partial charge on any atom is -0.497 e. The highest BCUT2D eigenvalue weighted by atomic mass is 16.5. The highest BCUT2D eigenvalue weighted by Gasteiger charge is 2.31. The Hall–Kier alpha value is -2.28. The lowest BCUT2D eigenvalue weighted by atomic mass is 10.2. The summed E-state index contributed by atoms with van der Waals surface area (Å²) in [6.45, 7) is 2.75. The van der Waals surface area contributed by atoms with Crippen LogP contribution in [0, 0.1) is 0 Å². The van der Waals surface area contributed by atoms with E-state index in [1.807, 2.05) is 31.2 Å². The van der Waals surface area contributed by atoms with Gasteiger partial charge in [-0.25, -0.2) is 4.79 Å². The number of ether oxygens (including phenoxy) is 2. The average molecular weight is 321 g/mol. The average Bonchev–Trinajstić information content (AvgIpc) is 2.87. The van der Waals surface area contributed by atoms with Crippen molar-refractivity contribution in [1.29, 1.82) is 0 Å². The first-order valence-corrected chi connectivity index (χ1v) is 7.54. The van der Waals surface area contributed by atoms with Gasteiger partial charge in [0.15, 0.2) is 0 Å². The second kappa shape index (κ2) is 7.82. The van der Waals surface area contributed by atoms with Crippen LogP contribution in [-0.4, -0.2) is 51.4 Å². The number of carbonyl (C=O) groups is 2. The lowest BCUT2D eigenvalue weighted by Gasteiger charge is -2.19. The molecule has 0 aliphatic carbocycles. The predicted octanol–water partition coefficient (Wildman–Crippen LogP) is 1.13. The molecule has 1 aliphatic heterocycles. The third kappa shape index (κ3) is 4.59. The standard InChI is InChI=1S/C16H23N3O4/c1-11(10-22-2)17-16(21)18-12-8-15(20)19(9-12)13-4-6-14(23-3)7-5-13/h4-7,11-12H,8-10H2,1-3H3,(H2,17,18,21)/t11-,12+/m1/s1. The molecule has 1 aliphatic rings. The Morgan fingerprint density at radius 3 is 2.65 bits per heavy atom. The molecule has 0 aromatic heterocycles. The molecule has 0 spiro atoms. The van der Waals surface area contributed by atoms with Crippen molar-refractivity contribution in [2.45, 2.75) is 25.4 Å². The zero-order chi connectivity index (χ0) is 16.8. The molecule has 2 rings (SSSR count). The second-order valence-corrected chi connectivity index (χ2v) is 5.58. The summed E-state index contributed by atoms with van der Waals surface area (Å²) in [4.78, 5) is 25.7. The van der Waals surface area contributed by atoms with Crippen molar-refractivity contribution in [3.63, 3.8) is 0 Å². The molecule has 1 aromatic rings. The van der Waals surface area contributed by atoms with Crippen LogP contribution in [0.1, 0.15) is 13.3 Å². The molecule has 7 nitrogen and oxygen atoms in total. The van der Waals surface area contributed by atoms with Crippen LogP contribution >= 0.6 is 0 Å². The van der Waals surface area contributed by atoms with E-state index in [0.29, 0.717) is 13.2 Å². The van der Waals surface area contributed by atoms with Crippen molar-refractivity contribution in [2.24, 2.45) is 0 Å². The van der Waals surface area contributed by atoms with Crippen molar-refractivity contribution in [3.05, 3.63) is 24.3 Å². The molecule has 2 atom stereocenters. The van der Waals surface area contributed by atoms with E-state index in [1.165, 1.54) is 0 Å². The van der Waals surface area contributed by atoms with Crippen LogP contribution in [-0.2, 0) is 9.53 Å². The van der Waals surface area contributed by atoms with Gasteiger partial charge in [0.05, 0.1) is 25.8 Å². The van der Waals surface area contributed by atoms with Crippen LogP contribution in [0.4, 0.5) is 10.5 Å². The summed E-state index contributed by atoms with van der Waals surface area (Å²) in [6, 6.07) is 6.70. The van der Waals surface area contributed by atoms with E-state index in [-0.39, 0.29) is 30.4 Å². The van der Waals surface area contributed by atoms with Crippen LogP contribution in [0.5, 0.6) is 5.75 Å². The molecule has 1 fully saturated rings. The number of amides is 3. The molecular formula is C16H23N3O4. The van der Waals surface area contributed by atoms with Crippen molar-refractivity contribution in [1.82, 2.24) is 10.6 Å². The maximum absolute atomic E-state index is 12.1. The summed E-state index contributed by atoms with van der Waals surface area (Å²) in [5.41, 5.74) is 0.799. The summed E-state index contributed by atoms with van der Waals surface area (Å²) in [5, 5.41) is 5.60. The fourth-order valence-electron chi connectivity index (χ4n) is 2.56. The molecule has 1 aromatic carbocycles. The van der Waals surface area contributed by atoms with Crippen LogP contribution < -0.4 is 20.3 Å². The Kier molecular flexibility index (Phi) is 5.81. The van der Waals surface area contributed by atoms with E-state index in [4.69, 9.17) is 9.47 Å². The third-order valence-corrected chi connectivity index (χ3v) is 3.64. The largest absolute Gasteiger partial charge is 0.497 e. The van der Waals surface area contributed by atoms with Gasteiger partial charge in [0.2, 0.25) is 5.91 Å². The maximum Gasteiger partial charge on any atom is 0.315 e. The van der Waals surface area contributed by atoms with Crippen LogP contribution in [0.25, 0.3) is 0 Å². The van der Waals surface area contributed by atoms with Crippen LogP contribution in [0.15, 0.2) is 24.3 Å². The van der Waals surface area contributed by atoms with E-state index in [2.05, 4.69) is 10.6 Å². The van der Waals surface area contributed by atoms with Crippen LogP contribution in [0.3, 0.4) is 0 Å². The number of urea groups is 1. The van der Waals surface area contributed by atoms with Gasteiger partial charge >= 0.3 is 6.03 Å². The number of hydrogen-bond acceptors (Lipinski definition) is 4. The summed E-state index contributed by atoms with van der Waals surface area (Å²) in [6.07, 6.45) is 0.290. The highest BCUT2D eigenvalue weighted by Crippen LogP contribution is 2.24. The topological polar surface area (TPSA) is 79.9 Å². The Morgan fingerprint density at radius 2 is 2.04 bits per heavy atom. The van der Waals surface area contributed by atoms with Gasteiger partial charge in [-0.2, -0.15) is 0 Å². The molecule has 1 heterocycles. The number of anilines is 1. The van der Waals surface area contributed by atoms with Gasteiger partial charge in [0.1, 0.15) is 5.75 Å². The van der Waals surface area contributed by atoms with Crippen molar-refractivity contribution >= 4 is 17.6 Å². The first kappa shape index (κ1) is 17.1. The molecule has 2 N–H and O–H groups in total. The molecule has 0 bridgehead atoms. The third-order valence-electron chi connectivity index (χ3n) is 3.64. The van der Waals surface area contributed by atoms with Gasteiger partial charge in [0.25, 0.3) is 0 Å². The lowest BCUT2D eigenvalue weighted by Crippen LogP contribution is -2.47. The zero-order valence-electron chi connectivity index (χ0n) is 13.7. The fraction of sp³-hybridized carbons (Fsp3) is 0.500. The molecule has 1 saturated heterocycles. The Labute approximate surface area is 135 Å². The molecule has 0 unspecified atom stereocenters. The van der Waals surface area contributed by atoms with E-state index in [1.54, 1.807) is 19.1 Å². The predicted molar refractivity (Wildman–Crippen MR) is 86.8 cm³/mol. The highest BCUT2D eigenvalue weighted by molar-refractivity contribution is 5.96. The van der Waals surface area contributed by atoms with E-state index in [0.717, 1.165) is 11.4 Å².